The van der Waals surface area contributed by atoms with Crippen LogP contribution in [-0.2, 0) is 4.79 Å². The summed E-state index contributed by atoms with van der Waals surface area (Å²) in [7, 11) is 0. The van der Waals surface area contributed by atoms with Crippen LogP contribution in [0.5, 0.6) is 0 Å². The van der Waals surface area contributed by atoms with Crippen LogP contribution in [0.15, 0.2) is 0 Å². The van der Waals surface area contributed by atoms with Gasteiger partial charge >= 0.3 is 0 Å². The number of fused-ring (bicyclic) bond motifs is 1. The van der Waals surface area contributed by atoms with Gasteiger partial charge in [-0.05, 0) is 25.8 Å². The summed E-state index contributed by atoms with van der Waals surface area (Å²) in [6, 6.07) is 1.32. The molecule has 0 radical (unpaired) electrons. The lowest BCUT2D eigenvalue weighted by Crippen LogP contribution is -2.40. The first-order chi connectivity index (χ1) is 6.77. The minimum Gasteiger partial charge on any atom is -0.370 e. The molecule has 0 spiro atoms. The monoisotopic (exact) mass is 197 g/mol. The van der Waals surface area contributed by atoms with E-state index >= 15 is 0 Å². The summed E-state index contributed by atoms with van der Waals surface area (Å²) < 4.78 is 0. The maximum atomic E-state index is 10.6. The Bertz CT molecular complexity index is 219. The molecule has 2 aliphatic heterocycles. The number of carbonyl (C=O) groups is 1. The SMILES string of the molecule is NC(=O)CCNC1CCN2CCCC12. The number of carbonyl (C=O) groups excluding carboxylic acids is 1. The fourth-order valence-corrected chi connectivity index (χ4v) is 2.70. The molecule has 2 unspecified atom stereocenters. The van der Waals surface area contributed by atoms with Crippen molar-refractivity contribution in [2.24, 2.45) is 5.73 Å². The van der Waals surface area contributed by atoms with E-state index in [-0.39, 0.29) is 5.91 Å². The first-order valence-corrected chi connectivity index (χ1v) is 5.53. The second-order valence-corrected chi connectivity index (χ2v) is 4.31. The van der Waals surface area contributed by atoms with Crippen molar-refractivity contribution in [3.05, 3.63) is 0 Å². The minimum absolute atomic E-state index is 0.209. The highest BCUT2D eigenvalue weighted by molar-refractivity contribution is 5.73. The molecule has 2 fully saturated rings. The average molecular weight is 197 g/mol. The van der Waals surface area contributed by atoms with E-state index < -0.39 is 0 Å². The first kappa shape index (κ1) is 9.93. The Kier molecular flexibility index (Phi) is 3.03. The predicted molar refractivity (Wildman–Crippen MR) is 54.8 cm³/mol. The minimum atomic E-state index is -0.209. The molecular formula is C10H19N3O. The van der Waals surface area contributed by atoms with Crippen molar-refractivity contribution in [2.75, 3.05) is 19.6 Å². The lowest BCUT2D eigenvalue weighted by Gasteiger charge is -2.20. The standard InChI is InChI=1S/C10H19N3O/c11-10(14)3-5-12-8-4-7-13-6-1-2-9(8)13/h8-9,12H,1-7H2,(H2,11,14). The van der Waals surface area contributed by atoms with Gasteiger partial charge in [-0.3, -0.25) is 9.69 Å². The fourth-order valence-electron chi connectivity index (χ4n) is 2.70. The van der Waals surface area contributed by atoms with Crippen LogP contribution in [0, 0.1) is 0 Å². The molecule has 0 aromatic heterocycles. The van der Waals surface area contributed by atoms with Crippen molar-refractivity contribution >= 4 is 5.91 Å². The van der Waals surface area contributed by atoms with Crippen molar-refractivity contribution in [1.82, 2.24) is 10.2 Å². The Balaban J connectivity index is 1.73. The van der Waals surface area contributed by atoms with Gasteiger partial charge in [-0.1, -0.05) is 0 Å². The third-order valence-corrected chi connectivity index (χ3v) is 3.38. The Labute approximate surface area is 84.8 Å². The van der Waals surface area contributed by atoms with Crippen LogP contribution in [0.25, 0.3) is 0 Å². The van der Waals surface area contributed by atoms with E-state index in [1.54, 1.807) is 0 Å². The molecule has 4 heteroatoms. The van der Waals surface area contributed by atoms with E-state index in [0.29, 0.717) is 12.5 Å². The topological polar surface area (TPSA) is 58.4 Å². The second kappa shape index (κ2) is 4.28. The van der Waals surface area contributed by atoms with E-state index in [2.05, 4.69) is 10.2 Å². The molecule has 80 valence electrons. The number of hydrogen-bond acceptors (Lipinski definition) is 3. The Morgan fingerprint density at radius 3 is 3.07 bits per heavy atom. The average Bonchev–Trinajstić information content (AvgIpc) is 2.67. The van der Waals surface area contributed by atoms with Gasteiger partial charge in [0.2, 0.25) is 5.91 Å². The largest absolute Gasteiger partial charge is 0.370 e. The Morgan fingerprint density at radius 1 is 1.43 bits per heavy atom. The van der Waals surface area contributed by atoms with Crippen molar-refractivity contribution < 1.29 is 4.79 Å². The zero-order valence-corrected chi connectivity index (χ0v) is 8.54. The zero-order valence-electron chi connectivity index (χ0n) is 8.54. The molecule has 0 aliphatic carbocycles. The third-order valence-electron chi connectivity index (χ3n) is 3.38. The van der Waals surface area contributed by atoms with Gasteiger partial charge in [0.05, 0.1) is 0 Å². The van der Waals surface area contributed by atoms with Gasteiger partial charge in [0.15, 0.2) is 0 Å². The summed E-state index contributed by atoms with van der Waals surface area (Å²) >= 11 is 0. The molecule has 2 atom stereocenters. The Morgan fingerprint density at radius 2 is 2.29 bits per heavy atom. The molecule has 2 aliphatic rings. The molecular weight excluding hydrogens is 178 g/mol. The van der Waals surface area contributed by atoms with Gasteiger partial charge in [0, 0.05) is 31.6 Å². The summed E-state index contributed by atoms with van der Waals surface area (Å²) in [4.78, 5) is 13.1. The molecule has 3 N–H and O–H groups in total. The highest BCUT2D eigenvalue weighted by atomic mass is 16.1. The number of rotatable bonds is 4. The number of hydrogen-bond donors (Lipinski definition) is 2. The summed E-state index contributed by atoms with van der Waals surface area (Å²) in [5.41, 5.74) is 5.09. The van der Waals surface area contributed by atoms with Gasteiger partial charge in [-0.2, -0.15) is 0 Å². The number of nitrogens with two attached hydrogens (primary N) is 1. The number of nitrogens with zero attached hydrogens (tertiary/aromatic N) is 1. The van der Waals surface area contributed by atoms with E-state index in [1.165, 1.54) is 32.4 Å². The van der Waals surface area contributed by atoms with E-state index in [4.69, 9.17) is 5.73 Å². The van der Waals surface area contributed by atoms with Crippen LogP contribution < -0.4 is 11.1 Å². The van der Waals surface area contributed by atoms with Gasteiger partial charge < -0.3 is 11.1 Å². The van der Waals surface area contributed by atoms with Crippen molar-refractivity contribution in [3.63, 3.8) is 0 Å². The number of primary amides is 1. The van der Waals surface area contributed by atoms with Crippen LogP contribution in [-0.4, -0.2) is 42.5 Å². The lowest BCUT2D eigenvalue weighted by atomic mass is 10.1. The normalized spacial score (nSPS) is 32.0. The smallest absolute Gasteiger partial charge is 0.218 e. The first-order valence-electron chi connectivity index (χ1n) is 5.53. The van der Waals surface area contributed by atoms with Gasteiger partial charge in [0.1, 0.15) is 0 Å². The van der Waals surface area contributed by atoms with Crippen molar-refractivity contribution in [3.8, 4) is 0 Å². The fraction of sp³-hybridized carbons (Fsp3) is 0.900. The highest BCUT2D eigenvalue weighted by Gasteiger charge is 2.36. The van der Waals surface area contributed by atoms with Crippen LogP contribution in [0.1, 0.15) is 25.7 Å². The molecule has 0 aromatic rings. The second-order valence-electron chi connectivity index (χ2n) is 4.31. The number of amides is 1. The molecule has 2 saturated heterocycles. The van der Waals surface area contributed by atoms with Crippen molar-refractivity contribution in [1.29, 1.82) is 0 Å². The number of nitrogens with one attached hydrogen (secondary N) is 1. The van der Waals surface area contributed by atoms with E-state index in [1.807, 2.05) is 0 Å². The summed E-state index contributed by atoms with van der Waals surface area (Å²) in [6.45, 7) is 3.22. The molecule has 2 heterocycles. The summed E-state index contributed by atoms with van der Waals surface area (Å²) in [5.74, 6) is -0.209. The zero-order chi connectivity index (χ0) is 9.97. The van der Waals surface area contributed by atoms with Gasteiger partial charge in [-0.25, -0.2) is 0 Å². The maximum Gasteiger partial charge on any atom is 0.218 e. The summed E-state index contributed by atoms with van der Waals surface area (Å²) in [5, 5.41) is 3.44. The predicted octanol–water partition coefficient (Wildman–Crippen LogP) is -0.312. The maximum absolute atomic E-state index is 10.6. The molecule has 1 amide bonds. The van der Waals surface area contributed by atoms with E-state index in [9.17, 15) is 4.79 Å². The highest BCUT2D eigenvalue weighted by Crippen LogP contribution is 2.27. The third kappa shape index (κ3) is 2.07. The lowest BCUT2D eigenvalue weighted by molar-refractivity contribution is -0.117. The van der Waals surface area contributed by atoms with Crippen LogP contribution >= 0.6 is 0 Å². The Hall–Kier alpha value is -0.610. The van der Waals surface area contributed by atoms with Gasteiger partial charge in [-0.15, -0.1) is 0 Å². The molecule has 14 heavy (non-hydrogen) atoms. The van der Waals surface area contributed by atoms with Gasteiger partial charge in [0.25, 0.3) is 0 Å². The van der Waals surface area contributed by atoms with Crippen LogP contribution in [0.2, 0.25) is 0 Å². The quantitative estimate of drug-likeness (QED) is 0.650. The van der Waals surface area contributed by atoms with E-state index in [0.717, 1.165) is 12.6 Å². The molecule has 4 nitrogen and oxygen atoms in total. The molecule has 0 saturated carbocycles. The van der Waals surface area contributed by atoms with Crippen LogP contribution in [0.3, 0.4) is 0 Å². The molecule has 0 bridgehead atoms. The molecule has 2 rings (SSSR count). The summed E-state index contributed by atoms with van der Waals surface area (Å²) in [6.07, 6.45) is 4.33. The van der Waals surface area contributed by atoms with Crippen molar-refractivity contribution in [2.45, 2.75) is 37.8 Å². The molecule has 0 aromatic carbocycles. The van der Waals surface area contributed by atoms with Crippen LogP contribution in [0.4, 0.5) is 0 Å².